The molecule has 3 N–H and O–H groups in total. The maximum absolute atomic E-state index is 11.7. The Labute approximate surface area is 90.0 Å². The molecule has 0 aromatic heterocycles. The first-order valence-electron chi connectivity index (χ1n) is 4.69. The van der Waals surface area contributed by atoms with Gasteiger partial charge in [-0.1, -0.05) is 0 Å². The number of amides is 1. The average Bonchev–Trinajstić information content (AvgIpc) is 2.16. The summed E-state index contributed by atoms with van der Waals surface area (Å²) in [4.78, 5) is 15.5. The lowest BCUT2D eigenvalue weighted by molar-refractivity contribution is -0.194. The number of alkyl halides is 3. The molecular formula is C8H13F3N2O3. The van der Waals surface area contributed by atoms with Gasteiger partial charge in [0.1, 0.15) is 5.54 Å². The van der Waals surface area contributed by atoms with Crippen molar-refractivity contribution < 1.29 is 27.5 Å². The van der Waals surface area contributed by atoms with Crippen LogP contribution >= 0.6 is 0 Å². The predicted molar refractivity (Wildman–Crippen MR) is 47.1 cm³/mol. The van der Waals surface area contributed by atoms with E-state index in [2.05, 4.69) is 4.84 Å². The number of halogens is 3. The SMILES string of the molecule is NC1(C(=O)NOCC(F)(F)F)CCOCC1. The highest BCUT2D eigenvalue weighted by Crippen LogP contribution is 2.18. The number of hydrogen-bond donors (Lipinski definition) is 2. The van der Waals surface area contributed by atoms with Gasteiger partial charge in [-0.05, 0) is 12.8 Å². The minimum Gasteiger partial charge on any atom is -0.381 e. The summed E-state index contributed by atoms with van der Waals surface area (Å²) < 4.78 is 40.1. The number of rotatable bonds is 3. The highest BCUT2D eigenvalue weighted by Gasteiger charge is 2.37. The van der Waals surface area contributed by atoms with Crippen LogP contribution in [0.4, 0.5) is 13.2 Å². The predicted octanol–water partition coefficient (Wildman–Crippen LogP) is 0.104. The van der Waals surface area contributed by atoms with Crippen LogP contribution < -0.4 is 11.2 Å². The molecule has 0 saturated carbocycles. The number of nitrogens with one attached hydrogen (secondary N) is 1. The van der Waals surface area contributed by atoms with Crippen molar-refractivity contribution in [2.24, 2.45) is 5.73 Å². The Morgan fingerprint density at radius 2 is 2.00 bits per heavy atom. The molecule has 0 aromatic rings. The maximum Gasteiger partial charge on any atom is 0.414 e. The van der Waals surface area contributed by atoms with E-state index < -0.39 is 24.2 Å². The Hall–Kier alpha value is -0.860. The zero-order chi connectivity index (χ0) is 12.2. The number of nitrogens with two attached hydrogens (primary N) is 1. The Balaban J connectivity index is 2.34. The van der Waals surface area contributed by atoms with Crippen molar-refractivity contribution in [1.29, 1.82) is 0 Å². The second-order valence-corrected chi connectivity index (χ2v) is 3.60. The molecule has 0 atom stereocenters. The fourth-order valence-corrected chi connectivity index (χ4v) is 1.25. The summed E-state index contributed by atoms with van der Waals surface area (Å²) in [6.07, 6.45) is -3.97. The van der Waals surface area contributed by atoms with E-state index in [9.17, 15) is 18.0 Å². The van der Waals surface area contributed by atoms with Crippen molar-refractivity contribution in [3.05, 3.63) is 0 Å². The van der Waals surface area contributed by atoms with Gasteiger partial charge in [-0.3, -0.25) is 9.63 Å². The van der Waals surface area contributed by atoms with Crippen molar-refractivity contribution in [3.63, 3.8) is 0 Å². The summed E-state index contributed by atoms with van der Waals surface area (Å²) in [6.45, 7) is -0.919. The van der Waals surface area contributed by atoms with Crippen molar-refractivity contribution in [2.75, 3.05) is 19.8 Å². The fourth-order valence-electron chi connectivity index (χ4n) is 1.25. The van der Waals surface area contributed by atoms with Gasteiger partial charge in [0.2, 0.25) is 0 Å². The largest absolute Gasteiger partial charge is 0.414 e. The van der Waals surface area contributed by atoms with E-state index in [4.69, 9.17) is 10.5 Å². The van der Waals surface area contributed by atoms with Crippen molar-refractivity contribution in [3.8, 4) is 0 Å². The molecule has 8 heteroatoms. The molecule has 1 fully saturated rings. The van der Waals surface area contributed by atoms with E-state index in [1.54, 1.807) is 5.48 Å². The van der Waals surface area contributed by atoms with E-state index >= 15 is 0 Å². The summed E-state index contributed by atoms with van der Waals surface area (Å²) in [6, 6.07) is 0. The number of hydrogen-bond acceptors (Lipinski definition) is 4. The van der Waals surface area contributed by atoms with Crippen LogP contribution in [-0.4, -0.2) is 37.4 Å². The second kappa shape index (κ2) is 4.98. The van der Waals surface area contributed by atoms with Gasteiger partial charge in [0.05, 0.1) is 0 Å². The van der Waals surface area contributed by atoms with Gasteiger partial charge in [-0.25, -0.2) is 5.48 Å². The topological polar surface area (TPSA) is 73.6 Å². The van der Waals surface area contributed by atoms with Crippen LogP contribution in [0.5, 0.6) is 0 Å². The van der Waals surface area contributed by atoms with Gasteiger partial charge >= 0.3 is 6.18 Å². The number of ether oxygens (including phenoxy) is 1. The molecule has 0 unspecified atom stereocenters. The Bertz CT molecular complexity index is 251. The van der Waals surface area contributed by atoms with Crippen LogP contribution in [-0.2, 0) is 14.4 Å². The van der Waals surface area contributed by atoms with Crippen LogP contribution in [0.15, 0.2) is 0 Å². The molecule has 94 valence electrons. The molecule has 1 amide bonds. The van der Waals surface area contributed by atoms with Crippen molar-refractivity contribution in [2.45, 2.75) is 24.6 Å². The summed E-state index contributed by atoms with van der Waals surface area (Å²) in [5.74, 6) is -0.750. The zero-order valence-corrected chi connectivity index (χ0v) is 8.47. The molecule has 16 heavy (non-hydrogen) atoms. The van der Waals surface area contributed by atoms with Crippen LogP contribution in [0.2, 0.25) is 0 Å². The Morgan fingerprint density at radius 3 is 2.50 bits per heavy atom. The van der Waals surface area contributed by atoms with Crippen LogP contribution in [0.1, 0.15) is 12.8 Å². The zero-order valence-electron chi connectivity index (χ0n) is 8.47. The van der Waals surface area contributed by atoms with Crippen molar-refractivity contribution >= 4 is 5.91 Å². The van der Waals surface area contributed by atoms with E-state index in [0.717, 1.165) is 0 Å². The molecule has 1 saturated heterocycles. The normalized spacial score (nSPS) is 20.5. The molecule has 1 heterocycles. The van der Waals surface area contributed by atoms with Crippen LogP contribution in [0, 0.1) is 0 Å². The summed E-state index contributed by atoms with van der Waals surface area (Å²) in [5, 5.41) is 0. The van der Waals surface area contributed by atoms with Gasteiger partial charge in [-0.15, -0.1) is 0 Å². The second-order valence-electron chi connectivity index (χ2n) is 3.60. The quantitative estimate of drug-likeness (QED) is 0.689. The van der Waals surface area contributed by atoms with E-state index in [0.29, 0.717) is 13.2 Å². The maximum atomic E-state index is 11.7. The summed E-state index contributed by atoms with van der Waals surface area (Å²) in [5.41, 5.74) is 6.20. The molecule has 1 aliphatic rings. The first-order valence-corrected chi connectivity index (χ1v) is 4.69. The highest BCUT2D eigenvalue weighted by atomic mass is 19.4. The molecule has 1 aliphatic heterocycles. The minimum atomic E-state index is -4.48. The molecule has 0 aromatic carbocycles. The lowest BCUT2D eigenvalue weighted by Gasteiger charge is -2.31. The smallest absolute Gasteiger partial charge is 0.381 e. The van der Waals surface area contributed by atoms with Gasteiger partial charge < -0.3 is 10.5 Å². The first kappa shape index (κ1) is 13.2. The van der Waals surface area contributed by atoms with E-state index in [1.807, 2.05) is 0 Å². The van der Waals surface area contributed by atoms with Gasteiger partial charge in [0.15, 0.2) is 6.61 Å². The summed E-state index contributed by atoms with van der Waals surface area (Å²) in [7, 11) is 0. The Kier molecular flexibility index (Phi) is 4.11. The molecule has 1 rings (SSSR count). The average molecular weight is 242 g/mol. The van der Waals surface area contributed by atoms with Gasteiger partial charge in [0.25, 0.3) is 5.91 Å². The standard InChI is InChI=1S/C8H13F3N2O3/c9-8(10,11)5-16-13-6(14)7(12)1-3-15-4-2-7/h1-5,12H2,(H,13,14). The molecule has 0 spiro atoms. The van der Waals surface area contributed by atoms with Crippen LogP contribution in [0.25, 0.3) is 0 Å². The first-order chi connectivity index (χ1) is 7.33. The molecule has 0 bridgehead atoms. The van der Waals surface area contributed by atoms with Gasteiger partial charge in [-0.2, -0.15) is 13.2 Å². The lowest BCUT2D eigenvalue weighted by Crippen LogP contribution is -2.57. The highest BCUT2D eigenvalue weighted by molar-refractivity contribution is 5.85. The monoisotopic (exact) mass is 242 g/mol. The third-order valence-electron chi connectivity index (χ3n) is 2.24. The van der Waals surface area contributed by atoms with Crippen LogP contribution in [0.3, 0.4) is 0 Å². The molecule has 5 nitrogen and oxygen atoms in total. The third-order valence-corrected chi connectivity index (χ3v) is 2.24. The third kappa shape index (κ3) is 3.95. The summed E-state index contributed by atoms with van der Waals surface area (Å²) >= 11 is 0. The molecular weight excluding hydrogens is 229 g/mol. The van der Waals surface area contributed by atoms with Gasteiger partial charge in [0, 0.05) is 13.2 Å². The fraction of sp³-hybridized carbons (Fsp3) is 0.875. The van der Waals surface area contributed by atoms with E-state index in [-0.39, 0.29) is 12.8 Å². The number of hydroxylamine groups is 1. The Morgan fingerprint density at radius 1 is 1.44 bits per heavy atom. The lowest BCUT2D eigenvalue weighted by atomic mass is 9.91. The number of carbonyl (C=O) groups is 1. The molecule has 0 radical (unpaired) electrons. The number of carbonyl (C=O) groups excluding carboxylic acids is 1. The molecule has 0 aliphatic carbocycles. The minimum absolute atomic E-state index is 0.258. The van der Waals surface area contributed by atoms with E-state index in [1.165, 1.54) is 0 Å². The van der Waals surface area contributed by atoms with Crippen molar-refractivity contribution in [1.82, 2.24) is 5.48 Å².